The highest BCUT2D eigenvalue weighted by molar-refractivity contribution is 6.00. The molecule has 26 heavy (non-hydrogen) atoms. The van der Waals surface area contributed by atoms with Crippen LogP contribution in [0.3, 0.4) is 0 Å². The Kier molecular flexibility index (Phi) is 5.52. The first-order valence-corrected chi connectivity index (χ1v) is 9.02. The van der Waals surface area contributed by atoms with Crippen LogP contribution in [0.15, 0.2) is 70.8 Å². The Hall–Kier alpha value is -2.88. The summed E-state index contributed by atoms with van der Waals surface area (Å²) in [7, 11) is 0. The fourth-order valence-corrected chi connectivity index (χ4v) is 2.74. The first-order chi connectivity index (χ1) is 12.5. The number of benzene rings is 2. The number of aliphatic imine (C=N–C) groups is 1. The molecule has 0 saturated heterocycles. The lowest BCUT2D eigenvalue weighted by Crippen LogP contribution is -2.38. The van der Waals surface area contributed by atoms with Gasteiger partial charge < -0.3 is 5.32 Å². The molecule has 0 saturated carbocycles. The molecule has 0 aromatic heterocycles. The van der Waals surface area contributed by atoms with Crippen LogP contribution >= 0.6 is 0 Å². The Labute approximate surface area is 155 Å². The van der Waals surface area contributed by atoms with E-state index in [4.69, 9.17) is 4.99 Å². The normalized spacial score (nSPS) is 17.4. The molecule has 1 heterocycles. The van der Waals surface area contributed by atoms with Crippen molar-refractivity contribution in [3.8, 4) is 0 Å². The number of aryl methyl sites for hydroxylation is 1. The lowest BCUT2D eigenvalue weighted by Gasteiger charge is -2.24. The Morgan fingerprint density at radius 2 is 1.77 bits per heavy atom. The predicted octanol–water partition coefficient (Wildman–Crippen LogP) is 4.33. The van der Waals surface area contributed by atoms with Gasteiger partial charge in [-0.15, -0.1) is 0 Å². The molecule has 0 spiro atoms. The standard InChI is InChI=1S/C22H26N4/c1-15(2)20-14-21(19-8-6-5-7-9-19)24-22(23-20)26-25-17(4)18-12-10-16(3)11-13-18/h5-15,20H,1-4H3,(H2,23,24,26)/b25-17+. The van der Waals surface area contributed by atoms with Gasteiger partial charge in [0, 0.05) is 5.70 Å². The number of guanidine groups is 1. The average Bonchev–Trinajstić information content (AvgIpc) is 2.67. The van der Waals surface area contributed by atoms with Crippen molar-refractivity contribution in [1.82, 2.24) is 10.7 Å². The maximum absolute atomic E-state index is 4.75. The average molecular weight is 346 g/mol. The fraction of sp³-hybridized carbons (Fsp3) is 0.273. The van der Waals surface area contributed by atoms with E-state index in [0.29, 0.717) is 11.9 Å². The maximum Gasteiger partial charge on any atom is 0.217 e. The van der Waals surface area contributed by atoms with Crippen molar-refractivity contribution in [3.05, 3.63) is 77.4 Å². The van der Waals surface area contributed by atoms with Gasteiger partial charge >= 0.3 is 0 Å². The molecule has 1 unspecified atom stereocenters. The topological polar surface area (TPSA) is 48.8 Å². The van der Waals surface area contributed by atoms with Crippen molar-refractivity contribution < 1.29 is 0 Å². The van der Waals surface area contributed by atoms with Gasteiger partial charge in [-0.1, -0.05) is 74.0 Å². The molecule has 3 rings (SSSR count). The van der Waals surface area contributed by atoms with Crippen molar-refractivity contribution >= 4 is 17.4 Å². The van der Waals surface area contributed by atoms with E-state index >= 15 is 0 Å². The number of hydrogen-bond donors (Lipinski definition) is 2. The fourth-order valence-electron chi connectivity index (χ4n) is 2.74. The molecule has 2 aromatic carbocycles. The molecule has 0 amide bonds. The number of hydrogen-bond acceptors (Lipinski definition) is 4. The summed E-state index contributed by atoms with van der Waals surface area (Å²) in [4.78, 5) is 4.75. The second-order valence-electron chi connectivity index (χ2n) is 6.96. The van der Waals surface area contributed by atoms with E-state index < -0.39 is 0 Å². The Balaban J connectivity index is 1.78. The van der Waals surface area contributed by atoms with Crippen molar-refractivity contribution in [2.75, 3.05) is 0 Å². The van der Waals surface area contributed by atoms with E-state index in [-0.39, 0.29) is 6.04 Å². The first-order valence-electron chi connectivity index (χ1n) is 9.02. The van der Waals surface area contributed by atoms with Crippen molar-refractivity contribution in [1.29, 1.82) is 0 Å². The Bertz CT molecular complexity index is 830. The summed E-state index contributed by atoms with van der Waals surface area (Å²) in [5.74, 6) is 1.09. The molecule has 0 bridgehead atoms. The minimum absolute atomic E-state index is 0.115. The van der Waals surface area contributed by atoms with Crippen molar-refractivity contribution in [2.45, 2.75) is 33.7 Å². The molecule has 0 aliphatic carbocycles. The van der Waals surface area contributed by atoms with E-state index in [2.05, 4.69) is 79.1 Å². The van der Waals surface area contributed by atoms with Crippen LogP contribution in [0.2, 0.25) is 0 Å². The van der Waals surface area contributed by atoms with Crippen LogP contribution in [0, 0.1) is 12.8 Å². The van der Waals surface area contributed by atoms with Gasteiger partial charge in [-0.05, 0) is 37.0 Å². The minimum Gasteiger partial charge on any atom is -0.325 e. The summed E-state index contributed by atoms with van der Waals surface area (Å²) in [6, 6.07) is 18.8. The lowest BCUT2D eigenvalue weighted by atomic mass is 10.0. The van der Waals surface area contributed by atoms with Gasteiger partial charge in [-0.2, -0.15) is 5.10 Å². The van der Waals surface area contributed by atoms with E-state index in [0.717, 1.165) is 22.5 Å². The van der Waals surface area contributed by atoms with Gasteiger partial charge in [-0.25, -0.2) is 10.4 Å². The van der Waals surface area contributed by atoms with Gasteiger partial charge in [-0.3, -0.25) is 0 Å². The third-order valence-corrected chi connectivity index (χ3v) is 4.44. The van der Waals surface area contributed by atoms with E-state index in [9.17, 15) is 0 Å². The zero-order valence-corrected chi connectivity index (χ0v) is 15.8. The van der Waals surface area contributed by atoms with Crippen LogP contribution in [0.4, 0.5) is 0 Å². The molecule has 1 aliphatic rings. The van der Waals surface area contributed by atoms with Crippen molar-refractivity contribution in [2.24, 2.45) is 16.0 Å². The second kappa shape index (κ2) is 8.00. The number of nitrogens with one attached hydrogen (secondary N) is 2. The quantitative estimate of drug-likeness (QED) is 0.639. The van der Waals surface area contributed by atoms with Crippen LogP contribution in [-0.4, -0.2) is 17.7 Å². The zero-order valence-electron chi connectivity index (χ0n) is 15.8. The highest BCUT2D eigenvalue weighted by Gasteiger charge is 2.18. The molecule has 0 fully saturated rings. The van der Waals surface area contributed by atoms with Gasteiger partial charge in [0.1, 0.15) is 0 Å². The van der Waals surface area contributed by atoms with Gasteiger partial charge in [0.2, 0.25) is 5.96 Å². The van der Waals surface area contributed by atoms with Gasteiger partial charge in [0.25, 0.3) is 0 Å². The highest BCUT2D eigenvalue weighted by atomic mass is 15.4. The van der Waals surface area contributed by atoms with Crippen LogP contribution in [0.5, 0.6) is 0 Å². The molecule has 134 valence electrons. The number of rotatable bonds is 4. The molecular weight excluding hydrogens is 320 g/mol. The van der Waals surface area contributed by atoms with Crippen LogP contribution in [0.1, 0.15) is 37.5 Å². The largest absolute Gasteiger partial charge is 0.325 e. The smallest absolute Gasteiger partial charge is 0.217 e. The molecule has 4 heteroatoms. The molecule has 0 radical (unpaired) electrons. The SMILES string of the molecule is C/C(=N\NC1=NC(C(C)C)C=C(c2ccccc2)N1)c1ccc(C)cc1. The van der Waals surface area contributed by atoms with Crippen LogP contribution in [0.25, 0.3) is 5.70 Å². The summed E-state index contributed by atoms with van der Waals surface area (Å²) in [6.45, 7) is 8.43. The number of hydrazone groups is 1. The molecule has 2 aromatic rings. The van der Waals surface area contributed by atoms with Gasteiger partial charge in [0.05, 0.1) is 11.8 Å². The predicted molar refractivity (Wildman–Crippen MR) is 110 cm³/mol. The lowest BCUT2D eigenvalue weighted by molar-refractivity contribution is 0.564. The van der Waals surface area contributed by atoms with E-state index in [1.54, 1.807) is 0 Å². The number of nitrogens with zero attached hydrogens (tertiary/aromatic N) is 2. The summed E-state index contributed by atoms with van der Waals surface area (Å²) in [5.41, 5.74) is 8.57. The molecular formula is C22H26N4. The molecule has 1 atom stereocenters. The van der Waals surface area contributed by atoms with Crippen molar-refractivity contribution in [3.63, 3.8) is 0 Å². The summed E-state index contributed by atoms with van der Waals surface area (Å²) in [5, 5.41) is 7.88. The third-order valence-electron chi connectivity index (χ3n) is 4.44. The Morgan fingerprint density at radius 1 is 1.08 bits per heavy atom. The highest BCUT2D eigenvalue weighted by Crippen LogP contribution is 2.20. The Morgan fingerprint density at radius 3 is 2.42 bits per heavy atom. The third kappa shape index (κ3) is 4.39. The molecule has 4 nitrogen and oxygen atoms in total. The first kappa shape index (κ1) is 17.9. The van der Waals surface area contributed by atoms with E-state index in [1.165, 1.54) is 5.56 Å². The zero-order chi connectivity index (χ0) is 18.5. The molecule has 2 N–H and O–H groups in total. The second-order valence-corrected chi connectivity index (χ2v) is 6.96. The minimum atomic E-state index is 0.115. The van der Waals surface area contributed by atoms with Crippen LogP contribution < -0.4 is 10.7 Å². The monoisotopic (exact) mass is 346 g/mol. The van der Waals surface area contributed by atoms with E-state index in [1.807, 2.05) is 25.1 Å². The summed E-state index contributed by atoms with van der Waals surface area (Å²) < 4.78 is 0. The van der Waals surface area contributed by atoms with Crippen LogP contribution in [-0.2, 0) is 0 Å². The van der Waals surface area contributed by atoms with Gasteiger partial charge in [0.15, 0.2) is 0 Å². The maximum atomic E-state index is 4.75. The summed E-state index contributed by atoms with van der Waals surface area (Å²) >= 11 is 0. The molecule has 1 aliphatic heterocycles. The summed E-state index contributed by atoms with van der Waals surface area (Å²) in [6.07, 6.45) is 2.18.